The van der Waals surface area contributed by atoms with Crippen molar-refractivity contribution < 1.29 is 24.4 Å². The summed E-state index contributed by atoms with van der Waals surface area (Å²) in [5, 5.41) is 7.86. The number of piperidine rings is 1. The van der Waals surface area contributed by atoms with Crippen molar-refractivity contribution >= 4 is 17.8 Å². The van der Waals surface area contributed by atoms with E-state index in [0.29, 0.717) is 6.42 Å². The molecule has 2 heterocycles. The molecular weight excluding hydrogens is 374 g/mol. The van der Waals surface area contributed by atoms with Crippen molar-refractivity contribution in [2.24, 2.45) is 5.92 Å². The molecule has 0 unspecified atom stereocenters. The van der Waals surface area contributed by atoms with Crippen LogP contribution in [0, 0.1) is 5.92 Å². The first kappa shape index (κ1) is 22.9. The number of imidazole rings is 1. The minimum absolute atomic E-state index is 0.0258. The van der Waals surface area contributed by atoms with Crippen LogP contribution in [0.3, 0.4) is 0 Å². The van der Waals surface area contributed by atoms with Gasteiger partial charge < -0.3 is 25.7 Å². The van der Waals surface area contributed by atoms with E-state index in [1.54, 1.807) is 20.8 Å². The average molecular weight is 409 g/mol. The summed E-state index contributed by atoms with van der Waals surface area (Å²) in [6.07, 6.45) is 3.50. The lowest BCUT2D eigenvalue weighted by Crippen LogP contribution is -2.87. The number of carbonyl (C=O) groups is 3. The van der Waals surface area contributed by atoms with Gasteiger partial charge in [0.15, 0.2) is 5.69 Å². The zero-order valence-corrected chi connectivity index (χ0v) is 18.0. The molecular formula is C20H34N5O4+. The maximum atomic E-state index is 12.8. The molecule has 1 fully saturated rings. The fraction of sp³-hybridized carbons (Fsp3) is 0.700. The third kappa shape index (κ3) is 7.16. The Hall–Kier alpha value is -2.42. The van der Waals surface area contributed by atoms with E-state index in [9.17, 15) is 14.4 Å². The van der Waals surface area contributed by atoms with Crippen LogP contribution in [0.4, 0.5) is 0 Å². The minimum Gasteiger partial charge on any atom is -0.458 e. The number of aromatic amines is 1. The first-order valence-corrected chi connectivity index (χ1v) is 10.3. The van der Waals surface area contributed by atoms with Crippen LogP contribution in [0.1, 0.15) is 74.9 Å². The van der Waals surface area contributed by atoms with E-state index >= 15 is 0 Å². The summed E-state index contributed by atoms with van der Waals surface area (Å²) < 4.78 is 5.43. The van der Waals surface area contributed by atoms with Crippen molar-refractivity contribution in [2.45, 2.75) is 71.6 Å². The van der Waals surface area contributed by atoms with Crippen molar-refractivity contribution in [3.8, 4) is 0 Å². The van der Waals surface area contributed by atoms with Gasteiger partial charge in [0.05, 0.1) is 19.4 Å². The van der Waals surface area contributed by atoms with Crippen LogP contribution in [0.2, 0.25) is 0 Å². The topological polar surface area (TPSA) is 130 Å². The predicted octanol–water partition coefficient (Wildman–Crippen LogP) is 0.352. The Balaban J connectivity index is 2.08. The molecule has 0 bridgehead atoms. The van der Waals surface area contributed by atoms with Crippen LogP contribution in [0.5, 0.6) is 0 Å². The Morgan fingerprint density at radius 1 is 1.24 bits per heavy atom. The third-order valence-electron chi connectivity index (χ3n) is 4.56. The number of amides is 2. The Morgan fingerprint density at radius 2 is 1.90 bits per heavy atom. The summed E-state index contributed by atoms with van der Waals surface area (Å²) in [4.78, 5) is 44.7. The highest BCUT2D eigenvalue weighted by Crippen LogP contribution is 2.14. The van der Waals surface area contributed by atoms with Crippen molar-refractivity contribution in [1.82, 2.24) is 20.6 Å². The summed E-state index contributed by atoms with van der Waals surface area (Å²) in [7, 11) is 0. The number of hydrogen-bond donors (Lipinski definition) is 4. The van der Waals surface area contributed by atoms with E-state index in [1.165, 1.54) is 6.33 Å². The predicted molar refractivity (Wildman–Crippen MR) is 107 cm³/mol. The van der Waals surface area contributed by atoms with Crippen LogP contribution in [0.25, 0.3) is 0 Å². The standard InChI is InChI=1S/C20H33N5O4/c1-12(2)10-14(19(28)29-20(3,4)5)25-18(27)16-15(22-11-23-16)17(26)24-13-6-8-21-9-7-13/h11-14,21H,6-10H2,1-5H3,(H,22,23)(H,24,26)(H,25,27)/p+1/t14-/m0/s1. The number of quaternary nitrogens is 1. The average Bonchev–Trinajstić information content (AvgIpc) is 3.10. The number of hydrogen-bond acceptors (Lipinski definition) is 5. The maximum Gasteiger partial charge on any atom is 0.329 e. The fourth-order valence-electron chi connectivity index (χ4n) is 3.25. The number of nitrogens with two attached hydrogens (primary N) is 1. The van der Waals surface area contributed by atoms with E-state index < -0.39 is 23.5 Å². The van der Waals surface area contributed by atoms with Gasteiger partial charge in [-0.25, -0.2) is 9.78 Å². The number of ether oxygens (including phenoxy) is 1. The molecule has 0 spiro atoms. The molecule has 29 heavy (non-hydrogen) atoms. The van der Waals surface area contributed by atoms with Crippen LogP contribution >= 0.6 is 0 Å². The first-order chi connectivity index (χ1) is 13.6. The van der Waals surface area contributed by atoms with Crippen LogP contribution in [-0.4, -0.2) is 58.5 Å². The second kappa shape index (κ2) is 9.87. The van der Waals surface area contributed by atoms with Gasteiger partial charge >= 0.3 is 5.97 Å². The lowest BCUT2D eigenvalue weighted by molar-refractivity contribution is -0.663. The number of nitrogens with one attached hydrogen (secondary N) is 3. The van der Waals surface area contributed by atoms with Gasteiger partial charge in [0.25, 0.3) is 11.8 Å². The molecule has 0 saturated carbocycles. The molecule has 1 aromatic rings. The lowest BCUT2D eigenvalue weighted by atomic mass is 10.0. The summed E-state index contributed by atoms with van der Waals surface area (Å²) in [6.45, 7) is 11.2. The van der Waals surface area contributed by atoms with E-state index in [1.807, 2.05) is 13.8 Å². The SMILES string of the molecule is CC(C)C[C@H](NC(=O)c1nc[nH]c1C(=O)NC1CC[NH2+]CC1)C(=O)OC(C)(C)C. The number of rotatable bonds is 7. The van der Waals surface area contributed by atoms with Crippen LogP contribution < -0.4 is 16.0 Å². The second-order valence-electron chi connectivity index (χ2n) is 8.93. The van der Waals surface area contributed by atoms with Gasteiger partial charge in [0, 0.05) is 18.9 Å². The maximum absolute atomic E-state index is 12.8. The van der Waals surface area contributed by atoms with Crippen molar-refractivity contribution in [2.75, 3.05) is 13.1 Å². The normalized spacial score (nSPS) is 16.3. The Morgan fingerprint density at radius 3 is 2.48 bits per heavy atom. The van der Waals surface area contributed by atoms with E-state index in [0.717, 1.165) is 25.9 Å². The number of esters is 1. The molecule has 1 aromatic heterocycles. The first-order valence-electron chi connectivity index (χ1n) is 10.3. The molecule has 0 radical (unpaired) electrons. The molecule has 2 amide bonds. The molecule has 0 aliphatic carbocycles. The molecule has 2 rings (SSSR count). The smallest absolute Gasteiger partial charge is 0.329 e. The molecule has 162 valence electrons. The molecule has 1 atom stereocenters. The summed E-state index contributed by atoms with van der Waals surface area (Å²) in [5.74, 6) is -1.28. The molecule has 1 saturated heterocycles. The van der Waals surface area contributed by atoms with E-state index in [-0.39, 0.29) is 29.3 Å². The van der Waals surface area contributed by atoms with E-state index in [4.69, 9.17) is 4.74 Å². The molecule has 9 nitrogen and oxygen atoms in total. The van der Waals surface area contributed by atoms with Gasteiger partial charge in [-0.3, -0.25) is 9.59 Å². The summed E-state index contributed by atoms with van der Waals surface area (Å²) in [5.41, 5.74) is -0.585. The highest BCUT2D eigenvalue weighted by atomic mass is 16.6. The molecule has 0 aromatic carbocycles. The molecule has 1 aliphatic heterocycles. The van der Waals surface area contributed by atoms with Crippen molar-refractivity contribution in [1.29, 1.82) is 0 Å². The Bertz CT molecular complexity index is 717. The monoisotopic (exact) mass is 408 g/mol. The number of carbonyl (C=O) groups excluding carboxylic acids is 3. The summed E-state index contributed by atoms with van der Waals surface area (Å²) >= 11 is 0. The van der Waals surface area contributed by atoms with Gasteiger partial charge in [-0.05, 0) is 33.1 Å². The highest BCUT2D eigenvalue weighted by molar-refractivity contribution is 6.05. The fourth-order valence-corrected chi connectivity index (χ4v) is 3.25. The third-order valence-corrected chi connectivity index (χ3v) is 4.56. The zero-order valence-electron chi connectivity index (χ0n) is 18.0. The van der Waals surface area contributed by atoms with Crippen LogP contribution in [-0.2, 0) is 9.53 Å². The molecule has 5 N–H and O–H groups in total. The quantitative estimate of drug-likeness (QED) is 0.484. The largest absolute Gasteiger partial charge is 0.458 e. The zero-order chi connectivity index (χ0) is 21.6. The highest BCUT2D eigenvalue weighted by Gasteiger charge is 2.30. The Labute approximate surface area is 171 Å². The van der Waals surface area contributed by atoms with Gasteiger partial charge in [-0.1, -0.05) is 13.8 Å². The van der Waals surface area contributed by atoms with Crippen molar-refractivity contribution in [3.05, 3.63) is 17.7 Å². The molecule has 1 aliphatic rings. The lowest BCUT2D eigenvalue weighted by Gasteiger charge is -2.25. The van der Waals surface area contributed by atoms with Gasteiger partial charge in [0.1, 0.15) is 17.3 Å². The van der Waals surface area contributed by atoms with Gasteiger partial charge in [-0.2, -0.15) is 0 Å². The molecule has 9 heteroatoms. The number of H-pyrrole nitrogens is 1. The van der Waals surface area contributed by atoms with Crippen molar-refractivity contribution in [3.63, 3.8) is 0 Å². The van der Waals surface area contributed by atoms with Gasteiger partial charge in [0.2, 0.25) is 0 Å². The van der Waals surface area contributed by atoms with Crippen LogP contribution in [0.15, 0.2) is 6.33 Å². The van der Waals surface area contributed by atoms with Gasteiger partial charge in [-0.15, -0.1) is 0 Å². The minimum atomic E-state index is -0.816. The number of nitrogens with zero attached hydrogens (tertiary/aromatic N) is 1. The summed E-state index contributed by atoms with van der Waals surface area (Å²) in [6, 6.07) is -0.731. The Kier molecular flexibility index (Phi) is 7.78. The number of aromatic nitrogens is 2. The second-order valence-corrected chi connectivity index (χ2v) is 8.93. The van der Waals surface area contributed by atoms with E-state index in [2.05, 4.69) is 25.9 Å².